The van der Waals surface area contributed by atoms with Gasteiger partial charge in [-0.25, -0.2) is 14.8 Å². The molecule has 0 aliphatic rings. The number of nitrogens with zero attached hydrogens (tertiary/aromatic N) is 2. The number of aromatic nitrogens is 3. The van der Waals surface area contributed by atoms with Crippen molar-refractivity contribution in [2.45, 2.75) is 6.92 Å². The van der Waals surface area contributed by atoms with Crippen molar-refractivity contribution in [1.29, 1.82) is 0 Å². The number of pyridine rings is 1. The molecule has 2 aromatic heterocycles. The van der Waals surface area contributed by atoms with Crippen molar-refractivity contribution >= 4 is 52.0 Å². The summed E-state index contributed by atoms with van der Waals surface area (Å²) < 4.78 is 4.94. The molecule has 0 saturated heterocycles. The van der Waals surface area contributed by atoms with E-state index in [-0.39, 0.29) is 0 Å². The van der Waals surface area contributed by atoms with E-state index in [0.29, 0.717) is 45.0 Å². The van der Waals surface area contributed by atoms with Crippen LogP contribution in [0, 0.1) is 0 Å². The molecule has 2 heterocycles. The molecule has 3 aromatic rings. The zero-order valence-corrected chi connectivity index (χ0v) is 13.6. The zero-order valence-electron chi connectivity index (χ0n) is 12.1. The van der Waals surface area contributed by atoms with Crippen LogP contribution in [0.1, 0.15) is 17.3 Å². The average molecular weight is 351 g/mol. The number of carbonyl (C=O) groups is 1. The molecular weight excluding hydrogens is 339 g/mol. The fraction of sp³-hybridized carbons (Fsp3) is 0.133. The number of ether oxygens (including phenoxy) is 1. The Bertz CT molecular complexity index is 859. The van der Waals surface area contributed by atoms with Gasteiger partial charge in [0.25, 0.3) is 0 Å². The Kier molecular flexibility index (Phi) is 4.36. The number of aromatic amines is 1. The lowest BCUT2D eigenvalue weighted by Crippen LogP contribution is -2.04. The number of fused-ring (bicyclic) bond motifs is 1. The lowest BCUT2D eigenvalue weighted by molar-refractivity contribution is 0.0526. The molecule has 118 valence electrons. The molecule has 0 fully saturated rings. The highest BCUT2D eigenvalue weighted by molar-refractivity contribution is 6.39. The number of anilines is 2. The summed E-state index contributed by atoms with van der Waals surface area (Å²) in [4.78, 5) is 23.2. The number of H-pyrrole nitrogens is 1. The van der Waals surface area contributed by atoms with Crippen molar-refractivity contribution < 1.29 is 9.53 Å². The minimum Gasteiger partial charge on any atom is -0.462 e. The van der Waals surface area contributed by atoms with Crippen LogP contribution in [0.25, 0.3) is 11.2 Å². The second kappa shape index (κ2) is 6.44. The first-order valence-corrected chi connectivity index (χ1v) is 7.58. The molecular formula is C15H12Cl2N4O2. The predicted molar refractivity (Wildman–Crippen MR) is 89.6 cm³/mol. The number of halogens is 2. The number of para-hydroxylation sites is 1. The number of nitrogens with one attached hydrogen (secondary N) is 2. The number of hydrogen-bond donors (Lipinski definition) is 2. The molecule has 0 bridgehead atoms. The van der Waals surface area contributed by atoms with Crippen LogP contribution in [0.3, 0.4) is 0 Å². The van der Waals surface area contributed by atoms with Crippen LogP contribution in [-0.2, 0) is 4.74 Å². The Balaban J connectivity index is 1.93. The van der Waals surface area contributed by atoms with E-state index in [0.717, 1.165) is 0 Å². The van der Waals surface area contributed by atoms with Crippen LogP contribution in [-0.4, -0.2) is 27.5 Å². The molecule has 0 saturated carbocycles. The number of esters is 1. The van der Waals surface area contributed by atoms with Gasteiger partial charge in [0.05, 0.1) is 27.9 Å². The van der Waals surface area contributed by atoms with Gasteiger partial charge in [-0.2, -0.15) is 0 Å². The zero-order chi connectivity index (χ0) is 16.4. The summed E-state index contributed by atoms with van der Waals surface area (Å²) >= 11 is 12.2. The number of carbonyl (C=O) groups excluding carboxylic acids is 1. The second-order valence-corrected chi connectivity index (χ2v) is 5.43. The van der Waals surface area contributed by atoms with Gasteiger partial charge in [0.1, 0.15) is 5.52 Å². The molecule has 0 unspecified atom stereocenters. The maximum Gasteiger partial charge on any atom is 0.339 e. The number of hydrogen-bond acceptors (Lipinski definition) is 5. The Hall–Kier alpha value is -2.31. The van der Waals surface area contributed by atoms with Crippen LogP contribution in [0.15, 0.2) is 30.5 Å². The van der Waals surface area contributed by atoms with Gasteiger partial charge in [-0.1, -0.05) is 29.3 Å². The van der Waals surface area contributed by atoms with Crippen molar-refractivity contribution in [3.8, 4) is 0 Å². The summed E-state index contributed by atoms with van der Waals surface area (Å²) in [5.41, 5.74) is 1.94. The smallest absolute Gasteiger partial charge is 0.339 e. The van der Waals surface area contributed by atoms with Gasteiger partial charge in [-0.15, -0.1) is 0 Å². The average Bonchev–Trinajstić information content (AvgIpc) is 2.93. The van der Waals surface area contributed by atoms with Gasteiger partial charge in [0.2, 0.25) is 5.95 Å². The van der Waals surface area contributed by atoms with Crippen molar-refractivity contribution in [2.24, 2.45) is 0 Å². The van der Waals surface area contributed by atoms with Crippen LogP contribution >= 0.6 is 23.2 Å². The van der Waals surface area contributed by atoms with E-state index < -0.39 is 5.97 Å². The van der Waals surface area contributed by atoms with E-state index in [1.165, 1.54) is 6.20 Å². The first kappa shape index (κ1) is 15.6. The highest BCUT2D eigenvalue weighted by Gasteiger charge is 2.12. The molecule has 0 radical (unpaired) electrons. The highest BCUT2D eigenvalue weighted by atomic mass is 35.5. The Morgan fingerprint density at radius 2 is 2.09 bits per heavy atom. The van der Waals surface area contributed by atoms with E-state index >= 15 is 0 Å². The molecule has 0 amide bonds. The highest BCUT2D eigenvalue weighted by Crippen LogP contribution is 2.32. The summed E-state index contributed by atoms with van der Waals surface area (Å²) in [5.74, 6) is -0.0166. The summed E-state index contributed by atoms with van der Waals surface area (Å²) in [6.45, 7) is 2.04. The molecule has 0 atom stereocenters. The number of rotatable bonds is 4. The standard InChI is InChI=1S/C15H12Cl2N4O2/c1-2-23-14(22)8-6-11-13(18-7-8)21-15(19-11)20-12-9(16)4-3-5-10(12)17/h3-7H,2H2,1H3,(H2,18,19,20,21). The summed E-state index contributed by atoms with van der Waals surface area (Å²) in [5, 5.41) is 3.96. The van der Waals surface area contributed by atoms with Crippen LogP contribution in [0.5, 0.6) is 0 Å². The van der Waals surface area contributed by atoms with Gasteiger partial charge in [-0.3, -0.25) is 0 Å². The van der Waals surface area contributed by atoms with Gasteiger partial charge in [0, 0.05) is 6.20 Å². The minimum absolute atomic E-state index is 0.301. The SMILES string of the molecule is CCOC(=O)c1cnc2[nH]c(Nc3c(Cl)cccc3Cl)nc2c1. The normalized spacial score (nSPS) is 10.7. The van der Waals surface area contributed by atoms with Crippen molar-refractivity contribution in [2.75, 3.05) is 11.9 Å². The Morgan fingerprint density at radius 3 is 2.78 bits per heavy atom. The third-order valence-corrected chi connectivity index (χ3v) is 3.68. The topological polar surface area (TPSA) is 79.9 Å². The maximum absolute atomic E-state index is 11.7. The quantitative estimate of drug-likeness (QED) is 0.689. The van der Waals surface area contributed by atoms with Crippen LogP contribution in [0.2, 0.25) is 10.0 Å². The van der Waals surface area contributed by atoms with Gasteiger partial charge in [-0.05, 0) is 25.1 Å². The Labute approximate surface area is 141 Å². The van der Waals surface area contributed by atoms with E-state index in [2.05, 4.69) is 20.3 Å². The van der Waals surface area contributed by atoms with Crippen molar-refractivity contribution in [1.82, 2.24) is 15.0 Å². The number of benzene rings is 1. The molecule has 23 heavy (non-hydrogen) atoms. The van der Waals surface area contributed by atoms with Gasteiger partial charge in [0.15, 0.2) is 5.65 Å². The number of imidazole rings is 1. The van der Waals surface area contributed by atoms with Gasteiger partial charge >= 0.3 is 5.97 Å². The molecule has 3 rings (SSSR count). The van der Waals surface area contributed by atoms with E-state index in [1.54, 1.807) is 31.2 Å². The largest absolute Gasteiger partial charge is 0.462 e. The predicted octanol–water partition coefficient (Wildman–Crippen LogP) is 4.19. The summed E-state index contributed by atoms with van der Waals surface area (Å²) in [7, 11) is 0. The molecule has 2 N–H and O–H groups in total. The van der Waals surface area contributed by atoms with Crippen molar-refractivity contribution in [3.63, 3.8) is 0 Å². The Morgan fingerprint density at radius 1 is 1.35 bits per heavy atom. The third-order valence-electron chi connectivity index (χ3n) is 3.05. The molecule has 0 spiro atoms. The minimum atomic E-state index is -0.437. The van der Waals surface area contributed by atoms with Gasteiger partial charge < -0.3 is 15.0 Å². The molecule has 0 aliphatic heterocycles. The fourth-order valence-electron chi connectivity index (χ4n) is 2.02. The van der Waals surface area contributed by atoms with E-state index in [9.17, 15) is 4.79 Å². The maximum atomic E-state index is 11.7. The lowest BCUT2D eigenvalue weighted by atomic mass is 10.3. The third kappa shape index (κ3) is 3.23. The fourth-order valence-corrected chi connectivity index (χ4v) is 2.51. The van der Waals surface area contributed by atoms with Crippen LogP contribution < -0.4 is 5.32 Å². The van der Waals surface area contributed by atoms with Crippen LogP contribution in [0.4, 0.5) is 11.6 Å². The monoisotopic (exact) mass is 350 g/mol. The molecule has 6 nitrogen and oxygen atoms in total. The molecule has 0 aliphatic carbocycles. The van der Waals surface area contributed by atoms with Crippen molar-refractivity contribution in [3.05, 3.63) is 46.1 Å². The summed E-state index contributed by atoms with van der Waals surface area (Å²) in [6, 6.07) is 6.79. The van der Waals surface area contributed by atoms with E-state index in [4.69, 9.17) is 27.9 Å². The first-order valence-electron chi connectivity index (χ1n) is 6.82. The molecule has 8 heteroatoms. The molecule has 1 aromatic carbocycles. The first-order chi connectivity index (χ1) is 11.1. The second-order valence-electron chi connectivity index (χ2n) is 4.62. The lowest BCUT2D eigenvalue weighted by Gasteiger charge is -2.06. The summed E-state index contributed by atoms with van der Waals surface area (Å²) in [6.07, 6.45) is 1.44. The van der Waals surface area contributed by atoms with E-state index in [1.807, 2.05) is 0 Å².